The van der Waals surface area contributed by atoms with Gasteiger partial charge in [-0.3, -0.25) is 0 Å². The van der Waals surface area contributed by atoms with Gasteiger partial charge >= 0.3 is 12.0 Å². The number of carboxylic acids is 1. The number of hydrogen-bond acceptors (Lipinski definition) is 2. The molecule has 1 rings (SSSR count). The number of aromatic carboxylic acids is 1. The Kier molecular flexibility index (Phi) is 5.26. The second kappa shape index (κ2) is 6.97. The minimum atomic E-state index is -0.987. The van der Waals surface area contributed by atoms with Gasteiger partial charge in [-0.2, -0.15) is 0 Å². The summed E-state index contributed by atoms with van der Waals surface area (Å²) in [6, 6.07) is 6.08. The lowest BCUT2D eigenvalue weighted by atomic mass is 10.1. The number of benzene rings is 1. The van der Waals surface area contributed by atoms with Gasteiger partial charge in [-0.25, -0.2) is 9.59 Å². The number of carboxylic acid groups (broad SMARTS) is 1. The maximum Gasteiger partial charge on any atom is 0.335 e. The van der Waals surface area contributed by atoms with E-state index in [0.717, 1.165) is 5.56 Å². The molecule has 0 aliphatic heterocycles. The Hall–Kier alpha value is -2.48. The van der Waals surface area contributed by atoms with Crippen LogP contribution in [0.4, 0.5) is 4.79 Å². The molecule has 1 aromatic carbocycles. The van der Waals surface area contributed by atoms with Crippen LogP contribution in [0.2, 0.25) is 0 Å². The highest BCUT2D eigenvalue weighted by atomic mass is 16.4. The van der Waals surface area contributed by atoms with Crippen molar-refractivity contribution < 1.29 is 14.7 Å². The van der Waals surface area contributed by atoms with E-state index in [1.807, 2.05) is 0 Å². The highest BCUT2D eigenvalue weighted by molar-refractivity contribution is 5.87. The summed E-state index contributed by atoms with van der Waals surface area (Å²) in [5, 5.41) is 14.0. The van der Waals surface area contributed by atoms with Gasteiger partial charge in [-0.05, 0) is 24.6 Å². The first-order valence-corrected chi connectivity index (χ1v) is 5.37. The summed E-state index contributed by atoms with van der Waals surface area (Å²) in [6.45, 7) is 2.25. The monoisotopic (exact) mass is 246 g/mol. The molecule has 0 saturated heterocycles. The Morgan fingerprint density at radius 2 is 2.11 bits per heavy atom. The van der Waals surface area contributed by atoms with E-state index in [4.69, 9.17) is 5.11 Å². The third-order valence-corrected chi connectivity index (χ3v) is 2.14. The Balaban J connectivity index is 2.47. The van der Waals surface area contributed by atoms with E-state index in [1.165, 1.54) is 12.1 Å². The van der Waals surface area contributed by atoms with Crippen molar-refractivity contribution in [2.45, 2.75) is 13.5 Å². The fourth-order valence-electron chi connectivity index (χ4n) is 1.27. The van der Waals surface area contributed by atoms with Gasteiger partial charge in [0, 0.05) is 6.54 Å². The average Bonchev–Trinajstić information content (AvgIpc) is 2.37. The van der Waals surface area contributed by atoms with Crippen LogP contribution in [0.5, 0.6) is 0 Å². The van der Waals surface area contributed by atoms with E-state index in [0.29, 0.717) is 0 Å². The molecule has 0 aliphatic carbocycles. The second-order valence-electron chi connectivity index (χ2n) is 3.47. The van der Waals surface area contributed by atoms with Gasteiger partial charge < -0.3 is 15.7 Å². The van der Waals surface area contributed by atoms with E-state index in [1.54, 1.807) is 19.1 Å². The molecular weight excluding hydrogens is 232 g/mol. The van der Waals surface area contributed by atoms with Crippen LogP contribution in [-0.2, 0) is 6.54 Å². The Morgan fingerprint density at radius 3 is 2.78 bits per heavy atom. The molecule has 3 N–H and O–H groups in total. The van der Waals surface area contributed by atoms with Crippen molar-refractivity contribution >= 4 is 12.0 Å². The molecule has 0 atom stereocenters. The van der Waals surface area contributed by atoms with Crippen molar-refractivity contribution in [2.24, 2.45) is 0 Å². The minimum absolute atomic E-state index is 0.201. The molecule has 0 saturated carbocycles. The van der Waals surface area contributed by atoms with Crippen molar-refractivity contribution in [3.05, 3.63) is 35.4 Å². The predicted molar refractivity (Wildman–Crippen MR) is 67.1 cm³/mol. The van der Waals surface area contributed by atoms with Crippen molar-refractivity contribution in [2.75, 3.05) is 6.54 Å². The molecule has 94 valence electrons. The summed E-state index contributed by atoms with van der Waals surface area (Å²) in [7, 11) is 0. The first-order chi connectivity index (χ1) is 8.63. The van der Waals surface area contributed by atoms with Crippen LogP contribution < -0.4 is 10.6 Å². The van der Waals surface area contributed by atoms with Gasteiger partial charge in [-0.15, -0.1) is 5.92 Å². The molecule has 0 bridgehead atoms. The highest BCUT2D eigenvalue weighted by Crippen LogP contribution is 2.04. The van der Waals surface area contributed by atoms with Crippen LogP contribution in [0.3, 0.4) is 0 Å². The summed E-state index contributed by atoms with van der Waals surface area (Å²) in [5.41, 5.74) is 0.929. The van der Waals surface area contributed by atoms with E-state index in [-0.39, 0.29) is 24.7 Å². The SMILES string of the molecule is CC#CCNC(=O)NCc1cccc(C(=O)O)c1. The number of nitrogens with one attached hydrogen (secondary N) is 2. The third kappa shape index (κ3) is 4.58. The summed E-state index contributed by atoms with van der Waals surface area (Å²) >= 11 is 0. The molecule has 0 aliphatic rings. The smallest absolute Gasteiger partial charge is 0.335 e. The van der Waals surface area contributed by atoms with E-state index < -0.39 is 5.97 Å². The molecule has 0 radical (unpaired) electrons. The van der Waals surface area contributed by atoms with Crippen LogP contribution in [0.15, 0.2) is 24.3 Å². The highest BCUT2D eigenvalue weighted by Gasteiger charge is 2.04. The topological polar surface area (TPSA) is 78.4 Å². The van der Waals surface area contributed by atoms with E-state index in [2.05, 4.69) is 22.5 Å². The van der Waals surface area contributed by atoms with E-state index >= 15 is 0 Å². The number of carbonyl (C=O) groups excluding carboxylic acids is 1. The number of carbonyl (C=O) groups is 2. The molecule has 2 amide bonds. The molecule has 1 aromatic rings. The van der Waals surface area contributed by atoms with Crippen LogP contribution in [0.1, 0.15) is 22.8 Å². The van der Waals surface area contributed by atoms with Crippen LogP contribution in [-0.4, -0.2) is 23.7 Å². The van der Waals surface area contributed by atoms with E-state index in [9.17, 15) is 9.59 Å². The summed E-state index contributed by atoms with van der Waals surface area (Å²) in [4.78, 5) is 22.1. The largest absolute Gasteiger partial charge is 0.478 e. The van der Waals surface area contributed by atoms with Gasteiger partial charge in [0.05, 0.1) is 12.1 Å². The first kappa shape index (κ1) is 13.6. The molecule has 0 aromatic heterocycles. The molecule has 5 nitrogen and oxygen atoms in total. The normalized spacial score (nSPS) is 8.94. The van der Waals surface area contributed by atoms with Crippen molar-refractivity contribution in [1.82, 2.24) is 10.6 Å². The average molecular weight is 246 g/mol. The third-order valence-electron chi connectivity index (χ3n) is 2.14. The number of urea groups is 1. The maximum absolute atomic E-state index is 11.3. The molecule has 5 heteroatoms. The van der Waals surface area contributed by atoms with Gasteiger partial charge in [0.2, 0.25) is 0 Å². The van der Waals surface area contributed by atoms with Gasteiger partial charge in [0.25, 0.3) is 0 Å². The maximum atomic E-state index is 11.3. The Labute approximate surface area is 105 Å². The first-order valence-electron chi connectivity index (χ1n) is 5.37. The second-order valence-corrected chi connectivity index (χ2v) is 3.47. The molecule has 0 fully saturated rings. The summed E-state index contributed by atoms with van der Waals surface area (Å²) in [6.07, 6.45) is 0. The number of rotatable bonds is 4. The summed E-state index contributed by atoms with van der Waals surface area (Å²) < 4.78 is 0. The van der Waals surface area contributed by atoms with Crippen molar-refractivity contribution in [3.8, 4) is 11.8 Å². The van der Waals surface area contributed by atoms with Gasteiger partial charge in [0.15, 0.2) is 0 Å². The molecular formula is C13H14N2O3. The zero-order valence-corrected chi connectivity index (χ0v) is 9.99. The Bertz CT molecular complexity index is 500. The zero-order chi connectivity index (χ0) is 13.4. The lowest BCUT2D eigenvalue weighted by molar-refractivity contribution is 0.0696. The molecule has 0 heterocycles. The predicted octanol–water partition coefficient (Wildman–Crippen LogP) is 1.21. The van der Waals surface area contributed by atoms with Crippen molar-refractivity contribution in [3.63, 3.8) is 0 Å². The lowest BCUT2D eigenvalue weighted by Gasteiger charge is -2.06. The molecule has 0 spiro atoms. The molecule has 18 heavy (non-hydrogen) atoms. The van der Waals surface area contributed by atoms with Gasteiger partial charge in [0.1, 0.15) is 0 Å². The van der Waals surface area contributed by atoms with Crippen molar-refractivity contribution in [1.29, 1.82) is 0 Å². The Morgan fingerprint density at radius 1 is 1.33 bits per heavy atom. The summed E-state index contributed by atoms with van der Waals surface area (Å²) in [5.74, 6) is 4.37. The van der Waals surface area contributed by atoms with Crippen LogP contribution in [0, 0.1) is 11.8 Å². The van der Waals surface area contributed by atoms with Gasteiger partial charge in [-0.1, -0.05) is 18.1 Å². The van der Waals surface area contributed by atoms with Crippen LogP contribution >= 0.6 is 0 Å². The minimum Gasteiger partial charge on any atom is -0.478 e. The number of amides is 2. The number of hydrogen-bond donors (Lipinski definition) is 3. The lowest BCUT2D eigenvalue weighted by Crippen LogP contribution is -2.35. The molecule has 0 unspecified atom stereocenters. The zero-order valence-electron chi connectivity index (χ0n) is 9.99. The fourth-order valence-corrected chi connectivity index (χ4v) is 1.27. The van der Waals surface area contributed by atoms with Crippen LogP contribution in [0.25, 0.3) is 0 Å². The standard InChI is InChI=1S/C13H14N2O3/c1-2-3-7-14-13(18)15-9-10-5-4-6-11(8-10)12(16)17/h4-6,8H,7,9H2,1H3,(H,16,17)(H2,14,15,18). The quantitative estimate of drug-likeness (QED) is 0.699. The fraction of sp³-hybridized carbons (Fsp3) is 0.231.